The Hall–Kier alpha value is -2.06. The topological polar surface area (TPSA) is 63.2 Å². The molecule has 0 unspecified atom stereocenters. The summed E-state index contributed by atoms with van der Waals surface area (Å²) < 4.78 is 28.7. The number of pyridine rings is 1. The first-order valence-corrected chi connectivity index (χ1v) is 8.54. The lowest BCUT2D eigenvalue weighted by atomic mass is 10.1. The molecule has 1 saturated carbocycles. The van der Waals surface area contributed by atoms with Gasteiger partial charge in [0.25, 0.3) is 5.91 Å². The number of aromatic nitrogens is 1. The zero-order valence-electron chi connectivity index (χ0n) is 13.4. The molecule has 1 fully saturated rings. The SMILES string of the molecule is Cc1cc(Br)cnc1Nc1c(C(=O)NOCC2CC2)ccc(F)c1F. The highest BCUT2D eigenvalue weighted by Crippen LogP contribution is 2.29. The average Bonchev–Trinajstić information content (AvgIpc) is 3.38. The molecule has 0 aliphatic heterocycles. The van der Waals surface area contributed by atoms with E-state index in [0.717, 1.165) is 23.4 Å². The summed E-state index contributed by atoms with van der Waals surface area (Å²) in [5.41, 5.74) is 2.62. The van der Waals surface area contributed by atoms with Gasteiger partial charge in [-0.1, -0.05) is 0 Å². The smallest absolute Gasteiger partial charge is 0.277 e. The monoisotopic (exact) mass is 411 g/mol. The summed E-state index contributed by atoms with van der Waals surface area (Å²) in [5.74, 6) is -2.10. The molecule has 5 nitrogen and oxygen atoms in total. The molecule has 2 N–H and O–H groups in total. The average molecular weight is 412 g/mol. The number of amides is 1. The van der Waals surface area contributed by atoms with Gasteiger partial charge in [-0.2, -0.15) is 0 Å². The van der Waals surface area contributed by atoms with Crippen LogP contribution in [0.2, 0.25) is 0 Å². The number of hydrogen-bond donors (Lipinski definition) is 2. The van der Waals surface area contributed by atoms with E-state index in [1.807, 2.05) is 0 Å². The van der Waals surface area contributed by atoms with Crippen molar-refractivity contribution in [3.63, 3.8) is 0 Å². The highest BCUT2D eigenvalue weighted by atomic mass is 79.9. The molecule has 0 radical (unpaired) electrons. The third-order valence-electron chi connectivity index (χ3n) is 3.81. The van der Waals surface area contributed by atoms with Crippen LogP contribution in [-0.4, -0.2) is 17.5 Å². The van der Waals surface area contributed by atoms with Crippen LogP contribution < -0.4 is 10.8 Å². The number of carbonyl (C=O) groups excluding carboxylic acids is 1. The van der Waals surface area contributed by atoms with E-state index in [1.165, 1.54) is 12.3 Å². The number of carbonyl (C=O) groups is 1. The molecule has 1 aliphatic rings. The van der Waals surface area contributed by atoms with Crippen molar-refractivity contribution in [3.8, 4) is 0 Å². The zero-order chi connectivity index (χ0) is 18.0. The number of halogens is 3. The molecule has 1 aromatic carbocycles. The molecule has 25 heavy (non-hydrogen) atoms. The number of rotatable bonds is 6. The van der Waals surface area contributed by atoms with Gasteiger partial charge in [0, 0.05) is 10.7 Å². The molecule has 0 saturated heterocycles. The minimum Gasteiger partial charge on any atom is -0.337 e. The number of hydroxylamine groups is 1. The largest absolute Gasteiger partial charge is 0.337 e. The van der Waals surface area contributed by atoms with Crippen LogP contribution in [0.25, 0.3) is 0 Å². The van der Waals surface area contributed by atoms with Crippen LogP contribution in [-0.2, 0) is 4.84 Å². The molecule has 8 heteroatoms. The lowest BCUT2D eigenvalue weighted by Crippen LogP contribution is -2.26. The summed E-state index contributed by atoms with van der Waals surface area (Å²) in [4.78, 5) is 21.5. The number of nitrogens with zero attached hydrogens (tertiary/aromatic N) is 1. The Bertz CT molecular complexity index is 813. The number of benzene rings is 1. The van der Waals surface area contributed by atoms with Crippen LogP contribution in [0.3, 0.4) is 0 Å². The normalized spacial score (nSPS) is 13.6. The van der Waals surface area contributed by atoms with Gasteiger partial charge >= 0.3 is 0 Å². The van der Waals surface area contributed by atoms with Gasteiger partial charge in [-0.15, -0.1) is 0 Å². The van der Waals surface area contributed by atoms with Crippen LogP contribution >= 0.6 is 15.9 Å². The molecule has 3 rings (SSSR count). The number of hydrogen-bond acceptors (Lipinski definition) is 4. The van der Waals surface area contributed by atoms with E-state index in [0.29, 0.717) is 23.9 Å². The maximum absolute atomic E-state index is 14.3. The lowest BCUT2D eigenvalue weighted by molar-refractivity contribution is 0.0270. The maximum Gasteiger partial charge on any atom is 0.277 e. The Morgan fingerprint density at radius 2 is 2.16 bits per heavy atom. The molecule has 2 aromatic rings. The van der Waals surface area contributed by atoms with Crippen molar-refractivity contribution >= 4 is 33.3 Å². The van der Waals surface area contributed by atoms with Crippen LogP contribution in [0.1, 0.15) is 28.8 Å². The van der Waals surface area contributed by atoms with Gasteiger partial charge in [0.15, 0.2) is 11.6 Å². The van der Waals surface area contributed by atoms with E-state index >= 15 is 0 Å². The van der Waals surface area contributed by atoms with Gasteiger partial charge in [0.1, 0.15) is 5.82 Å². The number of anilines is 2. The second-order valence-electron chi connectivity index (χ2n) is 5.91. The number of nitrogens with one attached hydrogen (secondary N) is 2. The molecule has 132 valence electrons. The van der Waals surface area contributed by atoms with E-state index in [9.17, 15) is 13.6 Å². The first kappa shape index (κ1) is 17.8. The summed E-state index contributed by atoms with van der Waals surface area (Å²) in [6.07, 6.45) is 3.66. The summed E-state index contributed by atoms with van der Waals surface area (Å²) >= 11 is 3.29. The minimum atomic E-state index is -1.15. The summed E-state index contributed by atoms with van der Waals surface area (Å²) in [7, 11) is 0. The molecule has 1 aliphatic carbocycles. The van der Waals surface area contributed by atoms with Crippen molar-refractivity contribution in [1.29, 1.82) is 0 Å². The lowest BCUT2D eigenvalue weighted by Gasteiger charge is -2.14. The first-order chi connectivity index (χ1) is 12.0. The Morgan fingerprint density at radius 3 is 2.84 bits per heavy atom. The standard InChI is InChI=1S/C17H16BrF2N3O2/c1-9-6-11(18)7-21-16(9)22-15-12(4-5-13(19)14(15)20)17(24)23-25-8-10-2-3-10/h4-7,10H,2-3,8H2,1H3,(H,21,22)(H,23,24). The van der Waals surface area contributed by atoms with Gasteiger partial charge in [0.05, 0.1) is 17.9 Å². The van der Waals surface area contributed by atoms with Crippen LogP contribution in [0.4, 0.5) is 20.3 Å². The van der Waals surface area contributed by atoms with Crippen molar-refractivity contribution in [2.24, 2.45) is 5.92 Å². The van der Waals surface area contributed by atoms with E-state index in [4.69, 9.17) is 4.84 Å². The Morgan fingerprint density at radius 1 is 1.40 bits per heavy atom. The Labute approximate surface area is 151 Å². The summed E-state index contributed by atoms with van der Waals surface area (Å²) in [6.45, 7) is 2.17. The zero-order valence-corrected chi connectivity index (χ0v) is 15.0. The predicted octanol–water partition coefficient (Wildman–Crippen LogP) is 4.25. The van der Waals surface area contributed by atoms with Crippen LogP contribution in [0.5, 0.6) is 0 Å². The van der Waals surface area contributed by atoms with Gasteiger partial charge < -0.3 is 5.32 Å². The van der Waals surface area contributed by atoms with Crippen molar-refractivity contribution in [3.05, 3.63) is 51.6 Å². The van der Waals surface area contributed by atoms with E-state index in [-0.39, 0.29) is 11.3 Å². The highest BCUT2D eigenvalue weighted by molar-refractivity contribution is 9.10. The quantitative estimate of drug-likeness (QED) is 0.697. The van der Waals surface area contributed by atoms with Gasteiger partial charge in [-0.3, -0.25) is 9.63 Å². The molecule has 1 heterocycles. The highest BCUT2D eigenvalue weighted by Gasteiger charge is 2.23. The van der Waals surface area contributed by atoms with Crippen molar-refractivity contribution < 1.29 is 18.4 Å². The van der Waals surface area contributed by atoms with Crippen LogP contribution in [0.15, 0.2) is 28.9 Å². The first-order valence-electron chi connectivity index (χ1n) is 7.75. The second-order valence-corrected chi connectivity index (χ2v) is 6.83. The van der Waals surface area contributed by atoms with Crippen molar-refractivity contribution in [1.82, 2.24) is 10.5 Å². The number of aryl methyl sites for hydroxylation is 1. The van der Waals surface area contributed by atoms with Gasteiger partial charge in [-0.25, -0.2) is 19.2 Å². The molecule has 0 atom stereocenters. The third kappa shape index (κ3) is 4.32. The van der Waals surface area contributed by atoms with E-state index in [2.05, 4.69) is 31.7 Å². The molecule has 1 aromatic heterocycles. The van der Waals surface area contributed by atoms with Gasteiger partial charge in [-0.05, 0) is 65.4 Å². The van der Waals surface area contributed by atoms with E-state index in [1.54, 1.807) is 13.0 Å². The fourth-order valence-electron chi connectivity index (χ4n) is 2.22. The molecule has 1 amide bonds. The molecule has 0 bridgehead atoms. The Balaban J connectivity index is 1.85. The predicted molar refractivity (Wildman–Crippen MR) is 92.5 cm³/mol. The summed E-state index contributed by atoms with van der Waals surface area (Å²) in [6, 6.07) is 3.87. The van der Waals surface area contributed by atoms with Crippen molar-refractivity contribution in [2.45, 2.75) is 19.8 Å². The van der Waals surface area contributed by atoms with Gasteiger partial charge in [0.2, 0.25) is 0 Å². The summed E-state index contributed by atoms with van der Waals surface area (Å²) in [5, 5.41) is 2.71. The maximum atomic E-state index is 14.3. The molecular weight excluding hydrogens is 396 g/mol. The minimum absolute atomic E-state index is 0.0705. The van der Waals surface area contributed by atoms with Crippen molar-refractivity contribution in [2.75, 3.05) is 11.9 Å². The molecular formula is C17H16BrF2N3O2. The van der Waals surface area contributed by atoms with Crippen LogP contribution in [0, 0.1) is 24.5 Å². The third-order valence-corrected chi connectivity index (χ3v) is 4.24. The molecule has 0 spiro atoms. The Kier molecular flexibility index (Phi) is 5.29. The second kappa shape index (κ2) is 7.45. The fourth-order valence-corrected chi connectivity index (χ4v) is 2.66. The fraction of sp³-hybridized carbons (Fsp3) is 0.294. The van der Waals surface area contributed by atoms with E-state index < -0.39 is 17.5 Å².